The van der Waals surface area contributed by atoms with Gasteiger partial charge >= 0.3 is 5.97 Å². The molecular formula is C14H27NO2. The van der Waals surface area contributed by atoms with E-state index >= 15 is 0 Å². The Kier molecular flexibility index (Phi) is 4.59. The van der Waals surface area contributed by atoms with Gasteiger partial charge in [0.25, 0.3) is 0 Å². The van der Waals surface area contributed by atoms with Crippen LogP contribution in [0.2, 0.25) is 0 Å². The van der Waals surface area contributed by atoms with Gasteiger partial charge < -0.3 is 10.1 Å². The van der Waals surface area contributed by atoms with Crippen LogP contribution < -0.4 is 5.32 Å². The van der Waals surface area contributed by atoms with E-state index in [-0.39, 0.29) is 11.5 Å². The molecule has 2 atom stereocenters. The molecule has 1 rings (SSSR count). The van der Waals surface area contributed by atoms with Crippen LogP contribution >= 0.6 is 0 Å². The van der Waals surface area contributed by atoms with Crippen molar-refractivity contribution in [3.8, 4) is 0 Å². The number of carbonyl (C=O) groups is 1. The molecule has 0 bridgehead atoms. The van der Waals surface area contributed by atoms with E-state index in [1.54, 1.807) is 0 Å². The van der Waals surface area contributed by atoms with Crippen LogP contribution in [0.3, 0.4) is 0 Å². The standard InChI is InChI=1S/C14H27NO2/c1-6-7-15-14(9-12(16)17-5)10-13(3,4)8-11(14)2/h11,15H,6-10H2,1-5H3. The van der Waals surface area contributed by atoms with Gasteiger partial charge in [0, 0.05) is 5.54 Å². The molecule has 1 fully saturated rings. The van der Waals surface area contributed by atoms with Crippen LogP contribution in [-0.2, 0) is 9.53 Å². The Morgan fingerprint density at radius 2 is 2.12 bits per heavy atom. The fourth-order valence-electron chi connectivity index (χ4n) is 3.36. The first-order valence-electron chi connectivity index (χ1n) is 6.67. The summed E-state index contributed by atoms with van der Waals surface area (Å²) < 4.78 is 4.85. The van der Waals surface area contributed by atoms with Gasteiger partial charge in [0.15, 0.2) is 0 Å². The molecule has 2 unspecified atom stereocenters. The van der Waals surface area contributed by atoms with Gasteiger partial charge in [-0.25, -0.2) is 0 Å². The monoisotopic (exact) mass is 241 g/mol. The molecule has 1 aliphatic carbocycles. The second-order valence-corrected chi connectivity index (χ2v) is 6.28. The first-order valence-corrected chi connectivity index (χ1v) is 6.67. The Morgan fingerprint density at radius 3 is 2.53 bits per heavy atom. The minimum atomic E-state index is -0.0989. The summed E-state index contributed by atoms with van der Waals surface area (Å²) in [4.78, 5) is 11.6. The lowest BCUT2D eigenvalue weighted by molar-refractivity contribution is -0.142. The van der Waals surface area contributed by atoms with Crippen molar-refractivity contribution in [1.82, 2.24) is 5.32 Å². The van der Waals surface area contributed by atoms with Gasteiger partial charge in [-0.05, 0) is 37.1 Å². The van der Waals surface area contributed by atoms with Crippen molar-refractivity contribution in [3.63, 3.8) is 0 Å². The molecule has 17 heavy (non-hydrogen) atoms. The summed E-state index contributed by atoms with van der Waals surface area (Å²) in [5, 5.41) is 3.61. The second-order valence-electron chi connectivity index (χ2n) is 6.28. The fourth-order valence-corrected chi connectivity index (χ4v) is 3.36. The summed E-state index contributed by atoms with van der Waals surface area (Å²) in [6, 6.07) is 0. The van der Waals surface area contributed by atoms with Gasteiger partial charge in [-0.2, -0.15) is 0 Å². The summed E-state index contributed by atoms with van der Waals surface area (Å²) in [6.45, 7) is 9.95. The van der Waals surface area contributed by atoms with Crippen LogP contribution in [0.4, 0.5) is 0 Å². The SMILES string of the molecule is CCCNC1(CC(=O)OC)CC(C)(C)CC1C. The molecule has 0 spiro atoms. The van der Waals surface area contributed by atoms with Crippen molar-refractivity contribution < 1.29 is 9.53 Å². The number of ether oxygens (including phenoxy) is 1. The topological polar surface area (TPSA) is 38.3 Å². The quantitative estimate of drug-likeness (QED) is 0.752. The largest absolute Gasteiger partial charge is 0.469 e. The molecule has 1 saturated carbocycles. The van der Waals surface area contributed by atoms with Crippen LogP contribution in [0.25, 0.3) is 0 Å². The average molecular weight is 241 g/mol. The molecule has 0 aromatic rings. The van der Waals surface area contributed by atoms with E-state index in [1.165, 1.54) is 13.5 Å². The van der Waals surface area contributed by atoms with E-state index in [0.29, 0.717) is 17.8 Å². The van der Waals surface area contributed by atoms with Gasteiger partial charge in [-0.3, -0.25) is 4.79 Å². The van der Waals surface area contributed by atoms with Crippen molar-refractivity contribution in [3.05, 3.63) is 0 Å². The smallest absolute Gasteiger partial charge is 0.307 e. The zero-order valence-electron chi connectivity index (χ0n) is 11.9. The van der Waals surface area contributed by atoms with Crippen molar-refractivity contribution in [2.75, 3.05) is 13.7 Å². The van der Waals surface area contributed by atoms with Gasteiger partial charge in [0.2, 0.25) is 0 Å². The molecule has 3 nitrogen and oxygen atoms in total. The van der Waals surface area contributed by atoms with Crippen molar-refractivity contribution in [1.29, 1.82) is 0 Å². The number of hydrogen-bond donors (Lipinski definition) is 1. The summed E-state index contributed by atoms with van der Waals surface area (Å²) in [6.07, 6.45) is 3.81. The van der Waals surface area contributed by atoms with Crippen LogP contribution in [0.5, 0.6) is 0 Å². The lowest BCUT2D eigenvalue weighted by Crippen LogP contribution is -2.50. The van der Waals surface area contributed by atoms with Crippen LogP contribution in [0, 0.1) is 11.3 Å². The molecule has 1 aliphatic rings. The average Bonchev–Trinajstić information content (AvgIpc) is 2.46. The zero-order valence-corrected chi connectivity index (χ0v) is 11.9. The van der Waals surface area contributed by atoms with Crippen molar-refractivity contribution in [2.45, 2.75) is 58.9 Å². The van der Waals surface area contributed by atoms with E-state index in [9.17, 15) is 4.79 Å². The predicted octanol–water partition coefficient (Wildman–Crippen LogP) is 2.74. The minimum absolute atomic E-state index is 0.0629. The third kappa shape index (κ3) is 3.44. The molecule has 100 valence electrons. The predicted molar refractivity (Wildman–Crippen MR) is 69.8 cm³/mol. The molecule has 0 amide bonds. The normalized spacial score (nSPS) is 31.5. The zero-order chi connectivity index (χ0) is 13.1. The lowest BCUT2D eigenvalue weighted by atomic mass is 9.83. The van der Waals surface area contributed by atoms with Crippen LogP contribution in [-0.4, -0.2) is 25.2 Å². The summed E-state index contributed by atoms with van der Waals surface area (Å²) >= 11 is 0. The van der Waals surface area contributed by atoms with Gasteiger partial charge in [-0.15, -0.1) is 0 Å². The first-order chi connectivity index (χ1) is 7.85. The highest BCUT2D eigenvalue weighted by atomic mass is 16.5. The number of hydrogen-bond acceptors (Lipinski definition) is 3. The van der Waals surface area contributed by atoms with E-state index in [0.717, 1.165) is 19.4 Å². The van der Waals surface area contributed by atoms with E-state index < -0.39 is 0 Å². The Labute approximate surface area is 105 Å². The van der Waals surface area contributed by atoms with Gasteiger partial charge in [0.1, 0.15) is 0 Å². The molecule has 0 aromatic heterocycles. The minimum Gasteiger partial charge on any atom is -0.469 e. The Bertz CT molecular complexity index is 275. The second kappa shape index (κ2) is 5.38. The van der Waals surface area contributed by atoms with Crippen LogP contribution in [0.15, 0.2) is 0 Å². The molecule has 0 radical (unpaired) electrons. The maximum atomic E-state index is 11.6. The molecule has 0 heterocycles. The van der Waals surface area contributed by atoms with Gasteiger partial charge in [0.05, 0.1) is 13.5 Å². The highest BCUT2D eigenvalue weighted by molar-refractivity contribution is 5.71. The first kappa shape index (κ1) is 14.5. The maximum absolute atomic E-state index is 11.6. The van der Waals surface area contributed by atoms with E-state index in [2.05, 4.69) is 33.0 Å². The highest BCUT2D eigenvalue weighted by Gasteiger charge is 2.49. The van der Waals surface area contributed by atoms with Crippen molar-refractivity contribution in [2.24, 2.45) is 11.3 Å². The molecule has 0 aromatic carbocycles. The van der Waals surface area contributed by atoms with E-state index in [4.69, 9.17) is 4.74 Å². The lowest BCUT2D eigenvalue weighted by Gasteiger charge is -2.35. The number of esters is 1. The van der Waals surface area contributed by atoms with Crippen molar-refractivity contribution >= 4 is 5.97 Å². The number of rotatable bonds is 5. The molecule has 0 saturated heterocycles. The highest BCUT2D eigenvalue weighted by Crippen LogP contribution is 2.49. The summed E-state index contributed by atoms with van der Waals surface area (Å²) in [5.41, 5.74) is 0.251. The van der Waals surface area contributed by atoms with E-state index in [1.807, 2.05) is 0 Å². The molecule has 0 aliphatic heterocycles. The third-order valence-corrected chi connectivity index (χ3v) is 4.01. The summed E-state index contributed by atoms with van der Waals surface area (Å²) in [5.74, 6) is 0.418. The maximum Gasteiger partial charge on any atom is 0.307 e. The molecule has 1 N–H and O–H groups in total. The fraction of sp³-hybridized carbons (Fsp3) is 0.929. The Balaban J connectivity index is 2.82. The number of nitrogens with one attached hydrogen (secondary N) is 1. The number of carbonyl (C=O) groups excluding carboxylic acids is 1. The number of methoxy groups -OCH3 is 1. The molecule has 3 heteroatoms. The molecular weight excluding hydrogens is 214 g/mol. The van der Waals surface area contributed by atoms with Crippen LogP contribution in [0.1, 0.15) is 53.4 Å². The summed E-state index contributed by atoms with van der Waals surface area (Å²) in [7, 11) is 1.47. The Hall–Kier alpha value is -0.570. The Morgan fingerprint density at radius 1 is 1.47 bits per heavy atom. The third-order valence-electron chi connectivity index (χ3n) is 4.01. The van der Waals surface area contributed by atoms with Gasteiger partial charge in [-0.1, -0.05) is 27.7 Å².